The summed E-state index contributed by atoms with van der Waals surface area (Å²) in [4.78, 5) is 41.5. The van der Waals surface area contributed by atoms with Crippen molar-refractivity contribution in [3.8, 4) is 16.9 Å². The van der Waals surface area contributed by atoms with Crippen LogP contribution in [0.3, 0.4) is 0 Å². The Bertz CT molecular complexity index is 2130. The Morgan fingerprint density at radius 3 is 2.40 bits per heavy atom. The van der Waals surface area contributed by atoms with Gasteiger partial charge >= 0.3 is 12.1 Å². The smallest absolute Gasteiger partial charge is 0.416 e. The number of alkyl halides is 4. The van der Waals surface area contributed by atoms with E-state index in [4.69, 9.17) is 4.74 Å². The molecule has 8 nitrogen and oxygen atoms in total. The van der Waals surface area contributed by atoms with Gasteiger partial charge in [0.15, 0.2) is 0 Å². The number of likely N-dealkylation sites (tertiary alicyclic amines) is 1. The van der Waals surface area contributed by atoms with E-state index < -0.39 is 88.0 Å². The highest BCUT2D eigenvalue weighted by Gasteiger charge is 2.38. The third-order valence-corrected chi connectivity index (χ3v) is 9.32. The molecule has 4 bridgehead atoms. The highest BCUT2D eigenvalue weighted by Crippen LogP contribution is 2.41. The van der Waals surface area contributed by atoms with Gasteiger partial charge in [-0.1, -0.05) is 18.2 Å². The van der Waals surface area contributed by atoms with Gasteiger partial charge < -0.3 is 15.2 Å². The standard InChI is InChI=1S/C37H32F7N3O5/c1-18-4-3-5-28-31(18)24-10-19(2)33(40)32(34(24)41)27(13-30(49)50)45-36(51)35(23-11-20(17-52-28)6-7-26(23)39)47-14-21(8-9-46-15-22(38)16-46)25(12-29(47)48)37(42,43)44/h3-7,10-12,14,22,27,35H,8-9,13,15-17H2,1-2H3,(H,45,51)(H,49,50)/t27-,35+/m1/s1. The number of fused-ring (bicyclic) bond motifs is 6. The van der Waals surface area contributed by atoms with Crippen molar-refractivity contribution >= 4 is 11.9 Å². The van der Waals surface area contributed by atoms with Gasteiger partial charge in [-0.05, 0) is 66.8 Å². The van der Waals surface area contributed by atoms with Gasteiger partial charge in [-0.25, -0.2) is 17.6 Å². The molecule has 3 heterocycles. The number of ether oxygens (including phenoxy) is 1. The van der Waals surface area contributed by atoms with Crippen LogP contribution in [-0.2, 0) is 28.8 Å². The zero-order valence-corrected chi connectivity index (χ0v) is 27.8. The fourth-order valence-electron chi connectivity index (χ4n) is 6.74. The molecule has 3 aromatic carbocycles. The van der Waals surface area contributed by atoms with Crippen molar-refractivity contribution in [3.05, 3.63) is 121 Å². The van der Waals surface area contributed by atoms with E-state index in [1.165, 1.54) is 31.2 Å². The van der Waals surface area contributed by atoms with Crippen LogP contribution in [0.5, 0.6) is 5.75 Å². The van der Waals surface area contributed by atoms with Gasteiger partial charge in [0.05, 0.1) is 18.0 Å². The van der Waals surface area contributed by atoms with Crippen molar-refractivity contribution < 1.29 is 50.2 Å². The number of carboxylic acid groups (broad SMARTS) is 1. The highest BCUT2D eigenvalue weighted by atomic mass is 19.4. The van der Waals surface area contributed by atoms with Gasteiger partial charge in [0.2, 0.25) is 5.91 Å². The van der Waals surface area contributed by atoms with Gasteiger partial charge in [-0.15, -0.1) is 0 Å². The van der Waals surface area contributed by atoms with Crippen molar-refractivity contribution in [1.82, 2.24) is 14.8 Å². The molecule has 2 atom stereocenters. The molecule has 2 aliphatic rings. The summed E-state index contributed by atoms with van der Waals surface area (Å²) >= 11 is 0. The SMILES string of the molecule is Cc1cc2c(F)c(c1F)[C@@H](CC(=O)O)NC(=O)[C@@H](n1cc(CCN3CC(F)C3)c(C(F)(F)F)cc1=O)c1cc(ccc1F)COc1cccc(C)c1-2. The number of hydrogen-bond donors (Lipinski definition) is 2. The molecule has 0 saturated carbocycles. The Balaban J connectivity index is 1.58. The second-order valence-corrected chi connectivity index (χ2v) is 13.0. The molecular formula is C37H32F7N3O5. The number of pyridine rings is 1. The Hall–Kier alpha value is -5.18. The molecule has 0 aliphatic carbocycles. The number of hydrogen-bond acceptors (Lipinski definition) is 5. The first-order valence-electron chi connectivity index (χ1n) is 16.2. The number of carbonyl (C=O) groups is 2. The lowest BCUT2D eigenvalue weighted by molar-refractivity contribution is -0.139. The molecule has 1 saturated heterocycles. The maximum atomic E-state index is 16.6. The fourth-order valence-corrected chi connectivity index (χ4v) is 6.74. The quantitative estimate of drug-likeness (QED) is 0.218. The first-order chi connectivity index (χ1) is 24.5. The second kappa shape index (κ2) is 14.1. The number of nitrogens with one attached hydrogen (secondary N) is 1. The third kappa shape index (κ3) is 7.14. The molecule has 2 aliphatic heterocycles. The number of benzene rings is 3. The lowest BCUT2D eigenvalue weighted by Gasteiger charge is -2.34. The van der Waals surface area contributed by atoms with E-state index in [2.05, 4.69) is 5.32 Å². The summed E-state index contributed by atoms with van der Waals surface area (Å²) in [5, 5.41) is 12.1. The van der Waals surface area contributed by atoms with Crippen LogP contribution in [0.15, 0.2) is 59.5 Å². The van der Waals surface area contributed by atoms with Crippen molar-refractivity contribution in [3.63, 3.8) is 0 Å². The van der Waals surface area contributed by atoms with E-state index in [9.17, 15) is 37.1 Å². The van der Waals surface area contributed by atoms with Gasteiger partial charge in [0.1, 0.15) is 42.0 Å². The number of nitrogens with zero attached hydrogens (tertiary/aromatic N) is 2. The van der Waals surface area contributed by atoms with Crippen LogP contribution >= 0.6 is 0 Å². The van der Waals surface area contributed by atoms with E-state index in [-0.39, 0.29) is 66.7 Å². The summed E-state index contributed by atoms with van der Waals surface area (Å²) in [7, 11) is 0. The number of amides is 1. The van der Waals surface area contributed by atoms with Gasteiger partial charge in [0.25, 0.3) is 5.56 Å². The Labute approximate surface area is 292 Å². The van der Waals surface area contributed by atoms with E-state index in [1.54, 1.807) is 24.0 Å². The minimum atomic E-state index is -5.02. The number of aliphatic carboxylic acids is 1. The van der Waals surface area contributed by atoms with Crippen molar-refractivity contribution in [2.45, 2.75) is 57.7 Å². The Kier molecular flexibility index (Phi) is 9.92. The molecule has 15 heteroatoms. The number of rotatable bonds is 6. The first-order valence-corrected chi connectivity index (χ1v) is 16.2. The van der Waals surface area contributed by atoms with Crippen molar-refractivity contribution in [1.29, 1.82) is 0 Å². The average molecular weight is 732 g/mol. The largest absolute Gasteiger partial charge is 0.488 e. The van der Waals surface area contributed by atoms with Crippen LogP contribution < -0.4 is 15.6 Å². The normalized spacial score (nSPS) is 18.1. The van der Waals surface area contributed by atoms with Gasteiger partial charge in [-0.3, -0.25) is 23.9 Å². The summed E-state index contributed by atoms with van der Waals surface area (Å²) in [6, 6.07) is 5.67. The first kappa shape index (κ1) is 36.6. The predicted octanol–water partition coefficient (Wildman–Crippen LogP) is 6.58. The van der Waals surface area contributed by atoms with Gasteiger partial charge in [0, 0.05) is 54.2 Å². The summed E-state index contributed by atoms with van der Waals surface area (Å²) in [5.41, 5.74) is -3.82. The van der Waals surface area contributed by atoms with Crippen LogP contribution in [0.25, 0.3) is 11.1 Å². The third-order valence-electron chi connectivity index (χ3n) is 9.32. The minimum Gasteiger partial charge on any atom is -0.488 e. The molecule has 4 aromatic rings. The van der Waals surface area contributed by atoms with E-state index >= 15 is 13.2 Å². The molecule has 1 fully saturated rings. The van der Waals surface area contributed by atoms with E-state index in [0.717, 1.165) is 12.3 Å². The van der Waals surface area contributed by atoms with Crippen LogP contribution in [0.4, 0.5) is 30.7 Å². The van der Waals surface area contributed by atoms with Crippen LogP contribution in [-0.4, -0.2) is 52.3 Å². The molecule has 1 amide bonds. The predicted molar refractivity (Wildman–Crippen MR) is 174 cm³/mol. The molecular weight excluding hydrogens is 699 g/mol. The van der Waals surface area contributed by atoms with E-state index in [0.29, 0.717) is 10.1 Å². The summed E-state index contributed by atoms with van der Waals surface area (Å²) in [6.07, 6.45) is -6.81. The molecule has 0 spiro atoms. The fraction of sp³-hybridized carbons (Fsp3) is 0.324. The van der Waals surface area contributed by atoms with Crippen molar-refractivity contribution in [2.24, 2.45) is 0 Å². The number of carbonyl (C=O) groups excluding carboxylic acids is 1. The monoisotopic (exact) mass is 731 g/mol. The molecule has 274 valence electrons. The summed E-state index contributed by atoms with van der Waals surface area (Å²) in [6.45, 7) is 2.63. The summed E-state index contributed by atoms with van der Waals surface area (Å²) in [5.74, 6) is -6.26. The van der Waals surface area contributed by atoms with Crippen LogP contribution in [0.2, 0.25) is 0 Å². The Morgan fingerprint density at radius 2 is 1.73 bits per heavy atom. The Morgan fingerprint density at radius 1 is 1.00 bits per heavy atom. The summed E-state index contributed by atoms with van der Waals surface area (Å²) < 4.78 is 111. The molecule has 0 radical (unpaired) electrons. The maximum absolute atomic E-state index is 16.6. The number of carboxylic acids is 1. The molecule has 2 N–H and O–H groups in total. The van der Waals surface area contributed by atoms with E-state index in [1.807, 2.05) is 0 Å². The molecule has 0 unspecified atom stereocenters. The number of aryl methyl sites for hydroxylation is 2. The molecule has 52 heavy (non-hydrogen) atoms. The lowest BCUT2D eigenvalue weighted by atomic mass is 9.90. The topological polar surface area (TPSA) is 101 Å². The van der Waals surface area contributed by atoms with Crippen LogP contribution in [0, 0.1) is 31.3 Å². The number of aromatic nitrogens is 1. The lowest BCUT2D eigenvalue weighted by Crippen LogP contribution is -2.49. The second-order valence-electron chi connectivity index (χ2n) is 13.0. The average Bonchev–Trinajstić information content (AvgIpc) is 3.04. The zero-order chi connectivity index (χ0) is 37.6. The van der Waals surface area contributed by atoms with Gasteiger partial charge in [-0.2, -0.15) is 13.2 Å². The zero-order valence-electron chi connectivity index (χ0n) is 27.8. The highest BCUT2D eigenvalue weighted by molar-refractivity contribution is 5.85. The van der Waals surface area contributed by atoms with Crippen molar-refractivity contribution in [2.75, 3.05) is 19.6 Å². The molecule has 1 aromatic heterocycles. The number of halogens is 7. The maximum Gasteiger partial charge on any atom is 0.416 e. The molecule has 6 rings (SSSR count). The minimum absolute atomic E-state index is 0.00506. The van der Waals surface area contributed by atoms with Crippen LogP contribution in [0.1, 0.15) is 57.4 Å².